The Morgan fingerprint density at radius 1 is 1.16 bits per heavy atom. The van der Waals surface area contributed by atoms with Gasteiger partial charge in [-0.25, -0.2) is 15.0 Å². The molecular weight excluding hydrogens is 505 g/mol. The molecule has 1 aliphatic heterocycles. The van der Waals surface area contributed by atoms with Crippen LogP contribution in [0.5, 0.6) is 0 Å². The predicted octanol–water partition coefficient (Wildman–Crippen LogP) is 2.45. The average Bonchev–Trinajstić information content (AvgIpc) is 2.78. The molecule has 2 heterocycles. The number of aliphatic imine (C=N–C) groups is 1. The number of carbonyl (C=O) groups is 1. The highest BCUT2D eigenvalue weighted by molar-refractivity contribution is 14.0. The van der Waals surface area contributed by atoms with Gasteiger partial charge in [0.2, 0.25) is 11.9 Å². The summed E-state index contributed by atoms with van der Waals surface area (Å²) in [5, 5.41) is 6.97. The Balaban J connectivity index is 0.00000341. The molecule has 2 N–H and O–H groups in total. The molecule has 1 fully saturated rings. The number of likely N-dealkylation sites (N-methyl/N-ethyl adjacent to an activating group) is 1. The van der Waals surface area contributed by atoms with Crippen LogP contribution in [0.15, 0.2) is 53.8 Å². The molecule has 9 heteroatoms. The van der Waals surface area contributed by atoms with E-state index in [-0.39, 0.29) is 48.5 Å². The van der Waals surface area contributed by atoms with Gasteiger partial charge in [0, 0.05) is 45.6 Å². The maximum atomic E-state index is 12.0. The molecule has 8 nitrogen and oxygen atoms in total. The first-order valence-corrected chi connectivity index (χ1v) is 10.4. The summed E-state index contributed by atoms with van der Waals surface area (Å²) in [6, 6.07) is 12.4. The van der Waals surface area contributed by atoms with Crippen LogP contribution in [0.3, 0.4) is 0 Å². The SMILES string of the molecule is CC(NC(=NCC(=O)N(C)C)NC1CCN(c2ncccn2)CC1)c1ccccc1.I. The third-order valence-electron chi connectivity index (χ3n) is 5.19. The van der Waals surface area contributed by atoms with Crippen molar-refractivity contribution in [1.82, 2.24) is 25.5 Å². The molecule has 0 radical (unpaired) electrons. The smallest absolute Gasteiger partial charge is 0.243 e. The van der Waals surface area contributed by atoms with E-state index in [1.165, 1.54) is 5.56 Å². The van der Waals surface area contributed by atoms with Crippen LogP contribution >= 0.6 is 24.0 Å². The highest BCUT2D eigenvalue weighted by Gasteiger charge is 2.22. The van der Waals surface area contributed by atoms with Gasteiger partial charge in [-0.05, 0) is 31.4 Å². The van der Waals surface area contributed by atoms with Gasteiger partial charge in [-0.3, -0.25) is 4.79 Å². The second-order valence-corrected chi connectivity index (χ2v) is 7.68. The van der Waals surface area contributed by atoms with Crippen molar-refractivity contribution in [2.24, 2.45) is 4.99 Å². The van der Waals surface area contributed by atoms with Crippen LogP contribution in [-0.4, -0.2) is 66.5 Å². The van der Waals surface area contributed by atoms with E-state index in [1.54, 1.807) is 31.4 Å². The Morgan fingerprint density at radius 3 is 2.42 bits per heavy atom. The summed E-state index contributed by atoms with van der Waals surface area (Å²) in [5.41, 5.74) is 1.17. The van der Waals surface area contributed by atoms with Crippen LogP contribution < -0.4 is 15.5 Å². The Morgan fingerprint density at radius 2 is 1.81 bits per heavy atom. The van der Waals surface area contributed by atoms with E-state index < -0.39 is 0 Å². The van der Waals surface area contributed by atoms with Crippen LogP contribution in [0.2, 0.25) is 0 Å². The standard InChI is InChI=1S/C22H31N7O.HI/c1-17(18-8-5-4-6-9-18)26-21(25-16-20(30)28(2)3)27-19-10-14-29(15-11-19)22-23-12-7-13-24-22;/h4-9,12-13,17,19H,10-11,14-16H2,1-3H3,(H2,25,26,27);1H. The van der Waals surface area contributed by atoms with Crippen molar-refractivity contribution in [2.45, 2.75) is 31.8 Å². The molecule has 0 spiro atoms. The lowest BCUT2D eigenvalue weighted by Gasteiger charge is -2.33. The molecule has 0 bridgehead atoms. The van der Waals surface area contributed by atoms with Crippen molar-refractivity contribution in [3.05, 3.63) is 54.4 Å². The number of hydrogen-bond acceptors (Lipinski definition) is 5. The Bertz CT molecular complexity index is 824. The molecule has 1 unspecified atom stereocenters. The molecule has 1 aromatic carbocycles. The fourth-order valence-corrected chi connectivity index (χ4v) is 3.32. The molecule has 168 valence electrons. The summed E-state index contributed by atoms with van der Waals surface area (Å²) in [6.45, 7) is 3.95. The first-order valence-electron chi connectivity index (χ1n) is 10.4. The number of amides is 1. The molecule has 3 rings (SSSR count). The van der Waals surface area contributed by atoms with Crippen LogP contribution in [-0.2, 0) is 4.79 Å². The van der Waals surface area contributed by atoms with E-state index in [9.17, 15) is 4.79 Å². The third kappa shape index (κ3) is 7.64. The van der Waals surface area contributed by atoms with E-state index in [1.807, 2.05) is 24.3 Å². The second-order valence-electron chi connectivity index (χ2n) is 7.68. The zero-order chi connectivity index (χ0) is 21.3. The molecule has 1 aliphatic rings. The Kier molecular flexibility index (Phi) is 9.96. The lowest BCUT2D eigenvalue weighted by Crippen LogP contribution is -2.49. The number of aromatic nitrogens is 2. The summed E-state index contributed by atoms with van der Waals surface area (Å²) in [4.78, 5) is 29.0. The predicted molar refractivity (Wildman–Crippen MR) is 135 cm³/mol. The number of anilines is 1. The first kappa shape index (κ1) is 24.8. The topological polar surface area (TPSA) is 85.8 Å². The lowest BCUT2D eigenvalue weighted by molar-refractivity contribution is -0.127. The average molecular weight is 537 g/mol. The minimum Gasteiger partial charge on any atom is -0.354 e. The van der Waals surface area contributed by atoms with Gasteiger partial charge >= 0.3 is 0 Å². The molecule has 0 saturated carbocycles. The fraction of sp³-hybridized carbons (Fsp3) is 0.455. The zero-order valence-electron chi connectivity index (χ0n) is 18.4. The minimum absolute atomic E-state index is 0. The number of halogens is 1. The van der Waals surface area contributed by atoms with E-state index in [2.05, 4.69) is 49.6 Å². The second kappa shape index (κ2) is 12.4. The van der Waals surface area contributed by atoms with Crippen molar-refractivity contribution < 1.29 is 4.79 Å². The van der Waals surface area contributed by atoms with Gasteiger partial charge in [-0.1, -0.05) is 30.3 Å². The lowest BCUT2D eigenvalue weighted by atomic mass is 10.1. The largest absolute Gasteiger partial charge is 0.354 e. The zero-order valence-corrected chi connectivity index (χ0v) is 20.7. The maximum Gasteiger partial charge on any atom is 0.243 e. The number of hydrogen-bond donors (Lipinski definition) is 2. The summed E-state index contributed by atoms with van der Waals surface area (Å²) in [5.74, 6) is 1.41. The molecule has 2 aromatic rings. The highest BCUT2D eigenvalue weighted by Crippen LogP contribution is 2.16. The molecule has 0 aliphatic carbocycles. The first-order chi connectivity index (χ1) is 14.5. The normalized spacial score (nSPS) is 15.6. The molecule has 1 atom stereocenters. The minimum atomic E-state index is -0.0282. The summed E-state index contributed by atoms with van der Waals surface area (Å²) < 4.78 is 0. The van der Waals surface area contributed by atoms with Crippen molar-refractivity contribution in [3.8, 4) is 0 Å². The Labute approximate surface area is 201 Å². The molecular formula is C22H32IN7O. The molecule has 1 saturated heterocycles. The van der Waals surface area contributed by atoms with Crippen molar-refractivity contribution >= 4 is 41.8 Å². The summed E-state index contributed by atoms with van der Waals surface area (Å²) in [6.07, 6.45) is 5.43. The van der Waals surface area contributed by atoms with Gasteiger partial charge in [-0.2, -0.15) is 0 Å². The van der Waals surface area contributed by atoms with Gasteiger partial charge in [0.1, 0.15) is 6.54 Å². The van der Waals surface area contributed by atoms with Crippen LogP contribution in [0, 0.1) is 0 Å². The van der Waals surface area contributed by atoms with E-state index in [4.69, 9.17) is 0 Å². The number of nitrogens with one attached hydrogen (secondary N) is 2. The molecule has 1 aromatic heterocycles. The van der Waals surface area contributed by atoms with E-state index >= 15 is 0 Å². The maximum absolute atomic E-state index is 12.0. The molecule has 31 heavy (non-hydrogen) atoms. The van der Waals surface area contributed by atoms with Gasteiger partial charge in [0.05, 0.1) is 6.04 Å². The highest BCUT2D eigenvalue weighted by atomic mass is 127. The summed E-state index contributed by atoms with van der Waals surface area (Å²) >= 11 is 0. The van der Waals surface area contributed by atoms with E-state index in [0.29, 0.717) is 5.96 Å². The number of nitrogens with zero attached hydrogens (tertiary/aromatic N) is 5. The molecule has 1 amide bonds. The van der Waals surface area contributed by atoms with Crippen LogP contribution in [0.25, 0.3) is 0 Å². The number of piperidine rings is 1. The van der Waals surface area contributed by atoms with Gasteiger partial charge in [0.15, 0.2) is 5.96 Å². The van der Waals surface area contributed by atoms with Gasteiger partial charge in [0.25, 0.3) is 0 Å². The number of rotatable bonds is 6. The number of benzene rings is 1. The summed E-state index contributed by atoms with van der Waals surface area (Å²) in [7, 11) is 3.48. The van der Waals surface area contributed by atoms with Crippen molar-refractivity contribution in [2.75, 3.05) is 38.6 Å². The Hall–Kier alpha value is -2.43. The third-order valence-corrected chi connectivity index (χ3v) is 5.19. The van der Waals surface area contributed by atoms with Gasteiger partial charge in [-0.15, -0.1) is 24.0 Å². The number of guanidine groups is 1. The number of carbonyl (C=O) groups excluding carboxylic acids is 1. The van der Waals surface area contributed by atoms with Crippen LogP contribution in [0.1, 0.15) is 31.4 Å². The quantitative estimate of drug-likeness (QED) is 0.335. The van der Waals surface area contributed by atoms with Crippen molar-refractivity contribution in [3.63, 3.8) is 0 Å². The van der Waals surface area contributed by atoms with Gasteiger partial charge < -0.3 is 20.4 Å². The van der Waals surface area contributed by atoms with E-state index in [0.717, 1.165) is 31.9 Å². The van der Waals surface area contributed by atoms with Crippen molar-refractivity contribution in [1.29, 1.82) is 0 Å². The monoisotopic (exact) mass is 537 g/mol. The fourth-order valence-electron chi connectivity index (χ4n) is 3.32. The van der Waals surface area contributed by atoms with Crippen LogP contribution in [0.4, 0.5) is 5.95 Å².